The minimum absolute atomic E-state index is 0.0988. The number of halogens is 1. The van der Waals surface area contributed by atoms with Crippen molar-refractivity contribution in [2.45, 2.75) is 38.5 Å². The summed E-state index contributed by atoms with van der Waals surface area (Å²) in [4.78, 5) is 28.5. The molecule has 1 aromatic carbocycles. The average Bonchev–Trinajstić information content (AvgIpc) is 2.79. The summed E-state index contributed by atoms with van der Waals surface area (Å²) < 4.78 is 48.4. The number of carbonyl (C=O) groups excluding carboxylic acids is 2. The molecule has 0 aliphatic carbocycles. The highest BCUT2D eigenvalue weighted by atomic mass is 32.2. The maximum Gasteiger partial charge on any atom is 0.292 e. The van der Waals surface area contributed by atoms with Gasteiger partial charge in [0.15, 0.2) is 0 Å². The standard InChI is InChI=1S/C21H29FN4O5S/c1-15-12-16(5-6-17(15)22)13-24-14-19(27)21(28)26-7-3-4-18(20(24)26)23(2)32(29,30)25-8-10-31-11-9-25/h5-6,12,18,20H,3-4,7-11,13-14H2,1-2H3. The number of nitrogens with zero attached hydrogens (tertiary/aromatic N) is 4. The van der Waals surface area contributed by atoms with Gasteiger partial charge in [0.1, 0.15) is 12.0 Å². The van der Waals surface area contributed by atoms with E-state index in [1.165, 1.54) is 19.6 Å². The molecule has 11 heteroatoms. The van der Waals surface area contributed by atoms with Gasteiger partial charge >= 0.3 is 0 Å². The number of piperidine rings is 1. The number of fused-ring (bicyclic) bond motifs is 1. The van der Waals surface area contributed by atoms with E-state index in [9.17, 15) is 22.4 Å². The maximum atomic E-state index is 13.7. The summed E-state index contributed by atoms with van der Waals surface area (Å²) >= 11 is 0. The Kier molecular flexibility index (Phi) is 6.64. The molecule has 2 atom stereocenters. The van der Waals surface area contributed by atoms with Crippen molar-refractivity contribution in [1.82, 2.24) is 18.4 Å². The zero-order chi connectivity index (χ0) is 23.0. The van der Waals surface area contributed by atoms with E-state index in [-0.39, 0.29) is 25.5 Å². The molecule has 0 aromatic heterocycles. The fourth-order valence-electron chi connectivity index (χ4n) is 4.82. The van der Waals surface area contributed by atoms with E-state index in [1.54, 1.807) is 26.1 Å². The normalized spacial score (nSPS) is 25.9. The second-order valence-electron chi connectivity index (χ2n) is 8.57. The van der Waals surface area contributed by atoms with Crippen molar-refractivity contribution in [3.8, 4) is 0 Å². The Labute approximate surface area is 187 Å². The van der Waals surface area contributed by atoms with Gasteiger partial charge in [0.25, 0.3) is 16.1 Å². The van der Waals surface area contributed by atoms with E-state index in [2.05, 4.69) is 0 Å². The lowest BCUT2D eigenvalue weighted by Gasteiger charge is -2.51. The minimum Gasteiger partial charge on any atom is -0.379 e. The molecule has 32 heavy (non-hydrogen) atoms. The highest BCUT2D eigenvalue weighted by Crippen LogP contribution is 2.31. The highest BCUT2D eigenvalue weighted by molar-refractivity contribution is 7.86. The smallest absolute Gasteiger partial charge is 0.292 e. The summed E-state index contributed by atoms with van der Waals surface area (Å²) in [5, 5.41) is 0. The lowest BCUT2D eigenvalue weighted by Crippen LogP contribution is -2.69. The molecule has 9 nitrogen and oxygen atoms in total. The van der Waals surface area contributed by atoms with Crippen molar-refractivity contribution < 1.29 is 27.1 Å². The zero-order valence-corrected chi connectivity index (χ0v) is 19.2. The van der Waals surface area contributed by atoms with Crippen LogP contribution in [-0.4, -0.2) is 97.2 Å². The lowest BCUT2D eigenvalue weighted by molar-refractivity contribution is -0.162. The number of hydrogen-bond acceptors (Lipinski definition) is 6. The molecule has 0 spiro atoms. The molecule has 3 heterocycles. The Morgan fingerprint density at radius 2 is 1.91 bits per heavy atom. The number of rotatable bonds is 5. The van der Waals surface area contributed by atoms with Crippen molar-refractivity contribution in [2.75, 3.05) is 46.4 Å². The predicted octanol–water partition coefficient (Wildman–Crippen LogP) is 0.345. The number of ketones is 1. The Morgan fingerprint density at radius 3 is 2.59 bits per heavy atom. The number of aryl methyl sites for hydroxylation is 1. The van der Waals surface area contributed by atoms with Crippen molar-refractivity contribution in [2.24, 2.45) is 0 Å². The molecule has 0 N–H and O–H groups in total. The van der Waals surface area contributed by atoms with Crippen molar-refractivity contribution in [3.63, 3.8) is 0 Å². The second-order valence-corrected chi connectivity index (χ2v) is 10.6. The fourth-order valence-corrected chi connectivity index (χ4v) is 6.35. The molecular formula is C21H29FN4O5S. The number of amides is 1. The van der Waals surface area contributed by atoms with Gasteiger partial charge < -0.3 is 9.64 Å². The predicted molar refractivity (Wildman–Crippen MR) is 114 cm³/mol. The van der Waals surface area contributed by atoms with Crippen LogP contribution >= 0.6 is 0 Å². The van der Waals surface area contributed by atoms with Crippen LogP contribution < -0.4 is 0 Å². The quantitative estimate of drug-likeness (QED) is 0.579. The monoisotopic (exact) mass is 468 g/mol. The number of likely N-dealkylation sites (N-methyl/N-ethyl adjacent to an activating group) is 1. The first-order chi connectivity index (χ1) is 15.2. The van der Waals surface area contributed by atoms with Crippen LogP contribution in [0.3, 0.4) is 0 Å². The lowest BCUT2D eigenvalue weighted by atomic mass is 9.96. The Hall–Kier alpha value is -1.92. The molecule has 1 amide bonds. The summed E-state index contributed by atoms with van der Waals surface area (Å²) in [6.45, 7) is 3.53. The van der Waals surface area contributed by atoms with Crippen LogP contribution in [0.1, 0.15) is 24.0 Å². The third kappa shape index (κ3) is 4.32. The van der Waals surface area contributed by atoms with Gasteiger partial charge in [-0.05, 0) is 37.0 Å². The SMILES string of the molecule is Cc1cc(CN2CC(=O)C(=O)N3CCCC(N(C)S(=O)(=O)N4CCOCC4)C23)ccc1F. The number of carbonyl (C=O) groups is 2. The third-order valence-corrected chi connectivity index (χ3v) is 8.53. The summed E-state index contributed by atoms with van der Waals surface area (Å²) in [6.07, 6.45) is 0.606. The number of Topliss-reactive ketones (excluding diaryl/α,β-unsaturated/α-hetero) is 1. The van der Waals surface area contributed by atoms with Gasteiger partial charge in [-0.25, -0.2) is 4.39 Å². The van der Waals surface area contributed by atoms with Gasteiger partial charge in [-0.1, -0.05) is 12.1 Å². The van der Waals surface area contributed by atoms with Crippen LogP contribution in [-0.2, 0) is 31.1 Å². The molecule has 3 aliphatic heterocycles. The minimum atomic E-state index is -3.76. The fraction of sp³-hybridized carbons (Fsp3) is 0.619. The van der Waals surface area contributed by atoms with E-state index < -0.39 is 34.1 Å². The van der Waals surface area contributed by atoms with Crippen LogP contribution in [0.2, 0.25) is 0 Å². The van der Waals surface area contributed by atoms with Gasteiger partial charge in [0.05, 0.1) is 25.8 Å². The first-order valence-electron chi connectivity index (χ1n) is 10.8. The van der Waals surface area contributed by atoms with Crippen molar-refractivity contribution in [1.29, 1.82) is 0 Å². The van der Waals surface area contributed by atoms with E-state index in [0.717, 1.165) is 5.56 Å². The molecule has 0 radical (unpaired) electrons. The molecule has 2 unspecified atom stereocenters. The van der Waals surface area contributed by atoms with Crippen LogP contribution in [0.25, 0.3) is 0 Å². The molecule has 3 aliphatic rings. The molecule has 3 fully saturated rings. The zero-order valence-electron chi connectivity index (χ0n) is 18.4. The van der Waals surface area contributed by atoms with Crippen LogP contribution in [0.5, 0.6) is 0 Å². The van der Waals surface area contributed by atoms with Crippen LogP contribution in [0, 0.1) is 12.7 Å². The molecule has 0 bridgehead atoms. The van der Waals surface area contributed by atoms with Crippen LogP contribution in [0.4, 0.5) is 4.39 Å². The van der Waals surface area contributed by atoms with Gasteiger partial charge in [0.2, 0.25) is 5.78 Å². The number of morpholine rings is 1. The van der Waals surface area contributed by atoms with E-state index in [0.29, 0.717) is 44.7 Å². The largest absolute Gasteiger partial charge is 0.379 e. The van der Waals surface area contributed by atoms with E-state index >= 15 is 0 Å². The molecule has 1 aromatic rings. The van der Waals surface area contributed by atoms with Crippen molar-refractivity contribution in [3.05, 3.63) is 35.1 Å². The molecule has 176 valence electrons. The average molecular weight is 469 g/mol. The van der Waals surface area contributed by atoms with Crippen LogP contribution in [0.15, 0.2) is 18.2 Å². The highest BCUT2D eigenvalue weighted by Gasteiger charge is 2.49. The second kappa shape index (κ2) is 9.14. The topological polar surface area (TPSA) is 90.5 Å². The van der Waals surface area contributed by atoms with Crippen molar-refractivity contribution >= 4 is 21.9 Å². The first-order valence-corrected chi connectivity index (χ1v) is 12.2. The molecule has 0 saturated carbocycles. The maximum absolute atomic E-state index is 13.7. The number of benzene rings is 1. The number of hydrogen-bond donors (Lipinski definition) is 0. The van der Waals surface area contributed by atoms with E-state index in [1.807, 2.05) is 4.90 Å². The summed E-state index contributed by atoms with van der Waals surface area (Å²) in [5.41, 5.74) is 1.29. The summed E-state index contributed by atoms with van der Waals surface area (Å²) in [5.74, 6) is -1.39. The molecule has 4 rings (SSSR count). The van der Waals surface area contributed by atoms with Gasteiger partial charge in [-0.15, -0.1) is 0 Å². The summed E-state index contributed by atoms with van der Waals surface area (Å²) in [6, 6.07) is 4.24. The number of ether oxygens (including phenoxy) is 1. The Morgan fingerprint density at radius 1 is 1.19 bits per heavy atom. The molecule has 3 saturated heterocycles. The Bertz CT molecular complexity index is 998. The van der Waals surface area contributed by atoms with Gasteiger partial charge in [-0.3, -0.25) is 14.5 Å². The van der Waals surface area contributed by atoms with E-state index in [4.69, 9.17) is 4.74 Å². The van der Waals surface area contributed by atoms with Gasteiger partial charge in [0, 0.05) is 33.2 Å². The molecular weight excluding hydrogens is 439 g/mol. The first kappa shape index (κ1) is 23.2. The summed E-state index contributed by atoms with van der Waals surface area (Å²) in [7, 11) is -2.22. The third-order valence-electron chi connectivity index (χ3n) is 6.52. The Balaban J connectivity index is 1.64. The van der Waals surface area contributed by atoms with Gasteiger partial charge in [-0.2, -0.15) is 17.0 Å².